The molecule has 0 aromatic carbocycles. The molecule has 0 radical (unpaired) electrons. The van der Waals surface area contributed by atoms with E-state index in [2.05, 4.69) is 22.0 Å². The first-order chi connectivity index (χ1) is 14.2. The van der Waals surface area contributed by atoms with Crippen LogP contribution in [0.2, 0.25) is 0 Å². The summed E-state index contributed by atoms with van der Waals surface area (Å²) in [6.07, 6.45) is -1.07. The number of alkyl halides is 3. The molecule has 1 saturated carbocycles. The second kappa shape index (κ2) is 7.75. The molecule has 2 aromatic rings. The van der Waals surface area contributed by atoms with Gasteiger partial charge in [-0.05, 0) is 31.4 Å². The van der Waals surface area contributed by atoms with Gasteiger partial charge in [0.25, 0.3) is 5.91 Å². The van der Waals surface area contributed by atoms with Crippen LogP contribution in [0.15, 0.2) is 24.9 Å². The maximum Gasteiger partial charge on any atom is 0.420 e. The number of aromatic nitrogens is 3. The summed E-state index contributed by atoms with van der Waals surface area (Å²) in [6, 6.07) is 2.90. The molecular formula is C20H22F3N5O2. The first-order valence-corrected chi connectivity index (χ1v) is 9.72. The van der Waals surface area contributed by atoms with Crippen molar-refractivity contribution in [3.05, 3.63) is 47.6 Å². The Labute approximate surface area is 171 Å². The average Bonchev–Trinajstić information content (AvgIpc) is 3.25. The fraction of sp³-hybridized carbons (Fsp3) is 0.450. The molecule has 0 bridgehead atoms. The van der Waals surface area contributed by atoms with Crippen molar-refractivity contribution in [2.24, 2.45) is 11.7 Å². The van der Waals surface area contributed by atoms with E-state index in [1.807, 2.05) is 0 Å². The number of amides is 1. The molecule has 30 heavy (non-hydrogen) atoms. The second-order valence-electron chi connectivity index (χ2n) is 7.69. The Morgan fingerprint density at radius 1 is 1.37 bits per heavy atom. The third-order valence-electron chi connectivity index (χ3n) is 5.28. The van der Waals surface area contributed by atoms with Crippen LogP contribution in [0.25, 0.3) is 5.70 Å². The van der Waals surface area contributed by atoms with Crippen molar-refractivity contribution < 1.29 is 22.7 Å². The Balaban J connectivity index is 1.72. The number of carbonyl (C=O) groups is 1. The molecule has 1 aliphatic carbocycles. The molecule has 3 heterocycles. The number of halogens is 3. The summed E-state index contributed by atoms with van der Waals surface area (Å²) in [7, 11) is 0. The van der Waals surface area contributed by atoms with Crippen LogP contribution in [0.4, 0.5) is 18.9 Å². The molecule has 1 aliphatic heterocycles. The molecule has 1 amide bonds. The molecule has 160 valence electrons. The first-order valence-electron chi connectivity index (χ1n) is 9.72. The summed E-state index contributed by atoms with van der Waals surface area (Å²) in [5.74, 6) is -0.828. The van der Waals surface area contributed by atoms with Gasteiger partial charge in [-0.1, -0.05) is 6.58 Å². The van der Waals surface area contributed by atoms with E-state index in [0.29, 0.717) is 38.3 Å². The van der Waals surface area contributed by atoms with Gasteiger partial charge in [0.15, 0.2) is 0 Å². The van der Waals surface area contributed by atoms with E-state index < -0.39 is 17.6 Å². The highest BCUT2D eigenvalue weighted by Gasteiger charge is 2.45. The van der Waals surface area contributed by atoms with Crippen molar-refractivity contribution in [1.29, 1.82) is 0 Å². The van der Waals surface area contributed by atoms with Gasteiger partial charge in [0.2, 0.25) is 0 Å². The maximum absolute atomic E-state index is 14.1. The summed E-state index contributed by atoms with van der Waals surface area (Å²) in [5.41, 5.74) is 4.89. The summed E-state index contributed by atoms with van der Waals surface area (Å²) < 4.78 is 49.0. The van der Waals surface area contributed by atoms with Gasteiger partial charge in [-0.15, -0.1) is 0 Å². The standard InChI is InChI=1S/C20H22F3N5O2/c1-11(26-14-4-6-25-15(8-14)19(24)29)18-16(20(21,22)23)17(13-2-3-13)27-28(18)9-12-5-7-30-10-12/h4,6,8,12-13H,1-3,5,7,9-10H2,(H2,24,29)(H,25,26). The summed E-state index contributed by atoms with van der Waals surface area (Å²) >= 11 is 0. The van der Waals surface area contributed by atoms with Crippen LogP contribution in [0.1, 0.15) is 52.6 Å². The molecule has 7 nitrogen and oxygen atoms in total. The van der Waals surface area contributed by atoms with Gasteiger partial charge in [-0.3, -0.25) is 14.5 Å². The number of anilines is 1. The Morgan fingerprint density at radius 3 is 2.73 bits per heavy atom. The van der Waals surface area contributed by atoms with Gasteiger partial charge >= 0.3 is 6.18 Å². The molecule has 2 fully saturated rings. The number of carbonyl (C=O) groups excluding carboxylic acids is 1. The Kier molecular flexibility index (Phi) is 5.27. The Hall–Kier alpha value is -2.88. The number of primary amides is 1. The van der Waals surface area contributed by atoms with Gasteiger partial charge in [-0.25, -0.2) is 0 Å². The van der Waals surface area contributed by atoms with Crippen LogP contribution in [0.5, 0.6) is 0 Å². The molecule has 1 atom stereocenters. The highest BCUT2D eigenvalue weighted by Crippen LogP contribution is 2.47. The van der Waals surface area contributed by atoms with E-state index in [1.165, 1.54) is 23.0 Å². The zero-order valence-corrected chi connectivity index (χ0v) is 16.2. The van der Waals surface area contributed by atoms with Crippen LogP contribution in [0.3, 0.4) is 0 Å². The summed E-state index contributed by atoms with van der Waals surface area (Å²) in [6.45, 7) is 5.26. The fourth-order valence-electron chi connectivity index (χ4n) is 3.69. The Morgan fingerprint density at radius 2 is 2.13 bits per heavy atom. The van der Waals surface area contributed by atoms with Gasteiger partial charge in [-0.2, -0.15) is 18.3 Å². The van der Waals surface area contributed by atoms with Crippen LogP contribution in [-0.2, 0) is 17.5 Å². The molecule has 1 unspecified atom stereocenters. The lowest BCUT2D eigenvalue weighted by Gasteiger charge is -2.17. The summed E-state index contributed by atoms with van der Waals surface area (Å²) in [5, 5.41) is 7.23. The highest BCUT2D eigenvalue weighted by molar-refractivity contribution is 5.92. The lowest BCUT2D eigenvalue weighted by molar-refractivity contribution is -0.138. The van der Waals surface area contributed by atoms with Crippen molar-refractivity contribution in [2.75, 3.05) is 18.5 Å². The minimum atomic E-state index is -4.57. The zero-order chi connectivity index (χ0) is 21.5. The number of ether oxygens (including phenoxy) is 1. The normalized spacial score (nSPS) is 19.1. The largest absolute Gasteiger partial charge is 0.420 e. The van der Waals surface area contributed by atoms with Crippen molar-refractivity contribution >= 4 is 17.3 Å². The lowest BCUT2D eigenvalue weighted by Crippen LogP contribution is -2.18. The number of nitrogens with zero attached hydrogens (tertiary/aromatic N) is 3. The number of nitrogens with one attached hydrogen (secondary N) is 1. The highest BCUT2D eigenvalue weighted by atomic mass is 19.4. The van der Waals surface area contributed by atoms with Gasteiger partial charge in [0, 0.05) is 36.9 Å². The molecular weight excluding hydrogens is 399 g/mol. The second-order valence-corrected chi connectivity index (χ2v) is 7.69. The van der Waals surface area contributed by atoms with Gasteiger partial charge < -0.3 is 15.8 Å². The lowest BCUT2D eigenvalue weighted by atomic mass is 10.1. The topological polar surface area (TPSA) is 95.1 Å². The van der Waals surface area contributed by atoms with E-state index in [1.54, 1.807) is 0 Å². The van der Waals surface area contributed by atoms with Crippen molar-refractivity contribution in [3.8, 4) is 0 Å². The van der Waals surface area contributed by atoms with Gasteiger partial charge in [0.1, 0.15) is 11.3 Å². The summed E-state index contributed by atoms with van der Waals surface area (Å²) in [4.78, 5) is 15.2. The maximum atomic E-state index is 14.1. The Bertz CT molecular complexity index is 975. The average molecular weight is 421 g/mol. The van der Waals surface area contributed by atoms with Crippen molar-refractivity contribution in [2.45, 2.75) is 37.9 Å². The van der Waals surface area contributed by atoms with E-state index in [-0.39, 0.29) is 34.6 Å². The van der Waals surface area contributed by atoms with E-state index in [0.717, 1.165) is 6.42 Å². The monoisotopic (exact) mass is 421 g/mol. The molecule has 10 heteroatoms. The molecule has 0 spiro atoms. The third-order valence-corrected chi connectivity index (χ3v) is 5.28. The van der Waals surface area contributed by atoms with Crippen LogP contribution >= 0.6 is 0 Å². The van der Waals surface area contributed by atoms with Crippen molar-refractivity contribution in [3.63, 3.8) is 0 Å². The van der Waals surface area contributed by atoms with Gasteiger partial charge in [0.05, 0.1) is 23.7 Å². The quantitative estimate of drug-likeness (QED) is 0.715. The van der Waals surface area contributed by atoms with Crippen LogP contribution in [0, 0.1) is 5.92 Å². The molecule has 1 saturated heterocycles. The molecule has 4 rings (SSSR count). The van der Waals surface area contributed by atoms with Crippen molar-refractivity contribution in [1.82, 2.24) is 14.8 Å². The van der Waals surface area contributed by atoms with E-state index in [9.17, 15) is 18.0 Å². The predicted molar refractivity (Wildman–Crippen MR) is 104 cm³/mol. The number of pyridine rings is 1. The number of hydrogen-bond donors (Lipinski definition) is 2. The minimum Gasteiger partial charge on any atom is -0.381 e. The number of hydrogen-bond acceptors (Lipinski definition) is 5. The van der Waals surface area contributed by atoms with Crippen LogP contribution < -0.4 is 11.1 Å². The van der Waals surface area contributed by atoms with E-state index in [4.69, 9.17) is 10.5 Å². The predicted octanol–water partition coefficient (Wildman–Crippen LogP) is 3.39. The number of nitrogens with two attached hydrogens (primary N) is 1. The smallest absolute Gasteiger partial charge is 0.381 e. The fourth-order valence-corrected chi connectivity index (χ4v) is 3.69. The first kappa shape index (κ1) is 20.4. The zero-order valence-electron chi connectivity index (χ0n) is 16.2. The molecule has 2 aromatic heterocycles. The van der Waals surface area contributed by atoms with Crippen LogP contribution in [-0.4, -0.2) is 33.9 Å². The SMILES string of the molecule is C=C(Nc1ccnc(C(N)=O)c1)c1c(C(F)(F)F)c(C2CC2)nn1CC1CCOC1. The minimum absolute atomic E-state index is 0.000809. The van der Waals surface area contributed by atoms with E-state index >= 15 is 0 Å². The number of rotatable bonds is 7. The third kappa shape index (κ3) is 4.18. The molecule has 2 aliphatic rings. The molecule has 3 N–H and O–H groups in total.